The zero-order chi connectivity index (χ0) is 16.4. The number of nitrogens with zero attached hydrogens (tertiary/aromatic N) is 2. The maximum absolute atomic E-state index is 11.4. The standard InChI is InChI=1S/C13H16N2O6/c1-8(2)13(3,12(16)17)7-9-4-5-10(14(18)19)6-11(9)15(20)21/h4-6,8H,7H2,1-3H3,(H,16,17). The van der Waals surface area contributed by atoms with Crippen LogP contribution in [0.5, 0.6) is 0 Å². The van der Waals surface area contributed by atoms with Crippen LogP contribution in [0.2, 0.25) is 0 Å². The molecule has 0 spiro atoms. The van der Waals surface area contributed by atoms with E-state index in [9.17, 15) is 30.1 Å². The van der Waals surface area contributed by atoms with Gasteiger partial charge in [0.2, 0.25) is 0 Å². The molecule has 0 heterocycles. The summed E-state index contributed by atoms with van der Waals surface area (Å²) in [6.07, 6.45) is -0.0751. The highest BCUT2D eigenvalue weighted by Crippen LogP contribution is 2.35. The van der Waals surface area contributed by atoms with Crippen molar-refractivity contribution in [3.05, 3.63) is 44.0 Å². The first-order chi connectivity index (χ1) is 9.59. The van der Waals surface area contributed by atoms with E-state index < -0.39 is 32.6 Å². The maximum atomic E-state index is 11.4. The van der Waals surface area contributed by atoms with E-state index in [1.807, 2.05) is 0 Å². The summed E-state index contributed by atoms with van der Waals surface area (Å²) in [6.45, 7) is 4.93. The van der Waals surface area contributed by atoms with Gasteiger partial charge in [-0.3, -0.25) is 25.0 Å². The number of carboxylic acids is 1. The zero-order valence-electron chi connectivity index (χ0n) is 11.9. The van der Waals surface area contributed by atoms with Crippen molar-refractivity contribution in [3.63, 3.8) is 0 Å². The lowest BCUT2D eigenvalue weighted by Crippen LogP contribution is -2.35. The Balaban J connectivity index is 3.33. The Morgan fingerprint density at radius 2 is 1.86 bits per heavy atom. The van der Waals surface area contributed by atoms with Crippen LogP contribution in [0.4, 0.5) is 11.4 Å². The lowest BCUT2D eigenvalue weighted by Gasteiger charge is -2.28. The second-order valence-electron chi connectivity index (χ2n) is 5.38. The van der Waals surface area contributed by atoms with E-state index in [4.69, 9.17) is 0 Å². The molecule has 0 amide bonds. The first-order valence-corrected chi connectivity index (χ1v) is 6.24. The quantitative estimate of drug-likeness (QED) is 0.635. The van der Waals surface area contributed by atoms with Gasteiger partial charge < -0.3 is 5.11 Å². The Morgan fingerprint density at radius 3 is 2.24 bits per heavy atom. The lowest BCUT2D eigenvalue weighted by molar-refractivity contribution is -0.394. The summed E-state index contributed by atoms with van der Waals surface area (Å²) < 4.78 is 0. The van der Waals surface area contributed by atoms with Gasteiger partial charge >= 0.3 is 5.97 Å². The van der Waals surface area contributed by atoms with Crippen LogP contribution in [0.1, 0.15) is 26.3 Å². The topological polar surface area (TPSA) is 124 Å². The molecular formula is C13H16N2O6. The summed E-state index contributed by atoms with van der Waals surface area (Å²) in [5.74, 6) is -1.32. The Labute approximate surface area is 120 Å². The number of hydrogen-bond donors (Lipinski definition) is 1. The van der Waals surface area contributed by atoms with Gasteiger partial charge in [0.05, 0.1) is 21.3 Å². The van der Waals surface area contributed by atoms with Gasteiger partial charge in [-0.2, -0.15) is 0 Å². The smallest absolute Gasteiger partial charge is 0.309 e. The van der Waals surface area contributed by atoms with Gasteiger partial charge in [-0.1, -0.05) is 13.8 Å². The Kier molecular flexibility index (Phi) is 4.62. The molecule has 1 atom stereocenters. The number of nitro groups is 2. The van der Waals surface area contributed by atoms with Crippen LogP contribution in [-0.4, -0.2) is 20.9 Å². The molecule has 0 fully saturated rings. The largest absolute Gasteiger partial charge is 0.481 e. The average molecular weight is 296 g/mol. The van der Waals surface area contributed by atoms with Crippen LogP contribution in [-0.2, 0) is 11.2 Å². The van der Waals surface area contributed by atoms with E-state index in [2.05, 4.69) is 0 Å². The highest BCUT2D eigenvalue weighted by molar-refractivity contribution is 5.75. The number of carbonyl (C=O) groups is 1. The van der Waals surface area contributed by atoms with E-state index >= 15 is 0 Å². The maximum Gasteiger partial charge on any atom is 0.309 e. The number of hydrogen-bond acceptors (Lipinski definition) is 5. The molecule has 21 heavy (non-hydrogen) atoms. The first kappa shape index (κ1) is 16.5. The molecule has 1 aromatic rings. The number of carboxylic acid groups (broad SMARTS) is 1. The van der Waals surface area contributed by atoms with Gasteiger partial charge in [0.15, 0.2) is 0 Å². The van der Waals surface area contributed by atoms with Gasteiger partial charge in [-0.05, 0) is 25.3 Å². The van der Waals surface area contributed by atoms with Gasteiger partial charge in [-0.15, -0.1) is 0 Å². The number of benzene rings is 1. The average Bonchev–Trinajstić information content (AvgIpc) is 2.37. The Morgan fingerprint density at radius 1 is 1.29 bits per heavy atom. The summed E-state index contributed by atoms with van der Waals surface area (Å²) in [4.78, 5) is 31.7. The van der Waals surface area contributed by atoms with Gasteiger partial charge in [0.25, 0.3) is 11.4 Å². The van der Waals surface area contributed by atoms with Crippen molar-refractivity contribution in [1.82, 2.24) is 0 Å². The molecule has 0 aliphatic heterocycles. The fraction of sp³-hybridized carbons (Fsp3) is 0.462. The second kappa shape index (κ2) is 5.86. The molecule has 0 saturated heterocycles. The normalized spacial score (nSPS) is 13.7. The number of non-ortho nitro benzene ring substituents is 1. The summed E-state index contributed by atoms with van der Waals surface area (Å²) in [5, 5.41) is 31.1. The van der Waals surface area contributed by atoms with Crippen LogP contribution in [0.15, 0.2) is 18.2 Å². The lowest BCUT2D eigenvalue weighted by atomic mass is 9.74. The molecule has 1 aromatic carbocycles. The van der Waals surface area contributed by atoms with Crippen LogP contribution in [0, 0.1) is 31.6 Å². The third kappa shape index (κ3) is 3.33. The Bertz CT molecular complexity index is 598. The van der Waals surface area contributed by atoms with Crippen molar-refractivity contribution in [2.75, 3.05) is 0 Å². The fourth-order valence-corrected chi connectivity index (χ4v) is 1.91. The van der Waals surface area contributed by atoms with Crippen molar-refractivity contribution in [2.24, 2.45) is 11.3 Å². The highest BCUT2D eigenvalue weighted by atomic mass is 16.6. The minimum Gasteiger partial charge on any atom is -0.481 e. The van der Waals surface area contributed by atoms with Crippen molar-refractivity contribution < 1.29 is 19.7 Å². The highest BCUT2D eigenvalue weighted by Gasteiger charge is 2.38. The fourth-order valence-electron chi connectivity index (χ4n) is 1.91. The first-order valence-electron chi connectivity index (χ1n) is 6.24. The zero-order valence-corrected chi connectivity index (χ0v) is 11.9. The van der Waals surface area contributed by atoms with Crippen molar-refractivity contribution >= 4 is 17.3 Å². The minimum atomic E-state index is -1.19. The number of rotatable bonds is 6. The summed E-state index contributed by atoms with van der Waals surface area (Å²) in [6, 6.07) is 3.25. The third-order valence-corrected chi connectivity index (χ3v) is 3.80. The SMILES string of the molecule is CC(C)C(C)(Cc1ccc([N+](=O)[O-])cc1[N+](=O)[O-])C(=O)O. The van der Waals surface area contributed by atoms with E-state index in [-0.39, 0.29) is 17.9 Å². The molecule has 8 heteroatoms. The summed E-state index contributed by atoms with van der Waals surface area (Å²) in [7, 11) is 0. The molecule has 8 nitrogen and oxygen atoms in total. The molecule has 1 unspecified atom stereocenters. The van der Waals surface area contributed by atoms with Gasteiger partial charge in [0.1, 0.15) is 0 Å². The predicted octanol–water partition coefficient (Wildman–Crippen LogP) is 2.79. The predicted molar refractivity (Wildman–Crippen MR) is 74.0 cm³/mol. The summed E-state index contributed by atoms with van der Waals surface area (Å²) in [5.41, 5.74) is -1.85. The Hall–Kier alpha value is -2.51. The van der Waals surface area contributed by atoms with Crippen molar-refractivity contribution in [1.29, 1.82) is 0 Å². The molecule has 0 radical (unpaired) electrons. The molecule has 1 N–H and O–H groups in total. The van der Waals surface area contributed by atoms with E-state index in [0.717, 1.165) is 12.1 Å². The second-order valence-corrected chi connectivity index (χ2v) is 5.38. The number of nitro benzene ring substituents is 2. The van der Waals surface area contributed by atoms with E-state index in [1.165, 1.54) is 13.0 Å². The van der Waals surface area contributed by atoms with Crippen molar-refractivity contribution in [2.45, 2.75) is 27.2 Å². The molecule has 0 aromatic heterocycles. The summed E-state index contributed by atoms with van der Waals surface area (Å²) >= 11 is 0. The van der Waals surface area contributed by atoms with Crippen LogP contribution >= 0.6 is 0 Å². The molecular weight excluding hydrogens is 280 g/mol. The molecule has 0 aliphatic rings. The van der Waals surface area contributed by atoms with E-state index in [1.54, 1.807) is 13.8 Å². The van der Waals surface area contributed by atoms with E-state index in [0.29, 0.717) is 0 Å². The van der Waals surface area contributed by atoms with Crippen LogP contribution < -0.4 is 0 Å². The van der Waals surface area contributed by atoms with Gasteiger partial charge in [-0.25, -0.2) is 0 Å². The van der Waals surface area contributed by atoms with Gasteiger partial charge in [0, 0.05) is 11.6 Å². The van der Waals surface area contributed by atoms with Crippen molar-refractivity contribution in [3.8, 4) is 0 Å². The molecule has 1 rings (SSSR count). The third-order valence-electron chi connectivity index (χ3n) is 3.80. The molecule has 0 saturated carbocycles. The van der Waals surface area contributed by atoms with Crippen LogP contribution in [0.3, 0.4) is 0 Å². The monoisotopic (exact) mass is 296 g/mol. The molecule has 0 aliphatic carbocycles. The minimum absolute atomic E-state index is 0.0751. The molecule has 0 bridgehead atoms. The molecule has 114 valence electrons. The number of aliphatic carboxylic acids is 1. The van der Waals surface area contributed by atoms with Crippen LogP contribution in [0.25, 0.3) is 0 Å².